The van der Waals surface area contributed by atoms with Crippen molar-refractivity contribution in [2.75, 3.05) is 19.6 Å². The number of hydrogen-bond acceptors (Lipinski definition) is 4. The molecule has 1 N–H and O–H groups in total. The first-order valence-corrected chi connectivity index (χ1v) is 5.25. The Kier molecular flexibility index (Phi) is 2.92. The molecule has 1 atom stereocenters. The van der Waals surface area contributed by atoms with E-state index in [0.29, 0.717) is 12.1 Å². The summed E-state index contributed by atoms with van der Waals surface area (Å²) in [5.41, 5.74) is 0.370. The van der Waals surface area contributed by atoms with Gasteiger partial charge in [0.1, 0.15) is 11.6 Å². The largest absolute Gasteiger partial charge is 0.439 e. The molecule has 0 bridgehead atoms. The van der Waals surface area contributed by atoms with E-state index in [2.05, 4.69) is 5.32 Å². The topological polar surface area (TPSA) is 58.6 Å². The van der Waals surface area contributed by atoms with Crippen LogP contribution >= 0.6 is 0 Å². The first-order chi connectivity index (χ1) is 7.31. The molecule has 0 radical (unpaired) electrons. The van der Waals surface area contributed by atoms with Gasteiger partial charge in [-0.05, 0) is 19.3 Å². The Morgan fingerprint density at radius 3 is 2.87 bits per heavy atom. The number of nitrogens with one attached hydrogen (secondary N) is 1. The molecule has 0 aliphatic carbocycles. The molecule has 5 heteroatoms. The SMILES string of the molecule is O=C=C1NCCCC1OC(=O)N1CCC1. The van der Waals surface area contributed by atoms with Crippen LogP contribution < -0.4 is 5.32 Å². The third kappa shape index (κ3) is 2.13. The lowest BCUT2D eigenvalue weighted by Gasteiger charge is -2.32. The number of nitrogens with zero attached hydrogens (tertiary/aromatic N) is 1. The van der Waals surface area contributed by atoms with Gasteiger partial charge in [0, 0.05) is 19.6 Å². The smallest absolute Gasteiger partial charge is 0.410 e. The fourth-order valence-corrected chi connectivity index (χ4v) is 1.68. The van der Waals surface area contributed by atoms with Crippen molar-refractivity contribution in [3.05, 3.63) is 5.70 Å². The standard InChI is InChI=1S/C10H14N2O3/c13-7-8-9(3-1-4-11-8)15-10(14)12-5-2-6-12/h9,11H,1-6H2. The average molecular weight is 210 g/mol. The van der Waals surface area contributed by atoms with Crippen molar-refractivity contribution in [2.24, 2.45) is 0 Å². The van der Waals surface area contributed by atoms with Crippen molar-refractivity contribution >= 4 is 12.0 Å². The number of hydrogen-bond donors (Lipinski definition) is 1. The highest BCUT2D eigenvalue weighted by Crippen LogP contribution is 2.17. The van der Waals surface area contributed by atoms with E-state index in [1.807, 2.05) is 0 Å². The molecule has 0 aromatic rings. The molecule has 5 nitrogen and oxygen atoms in total. The van der Waals surface area contributed by atoms with Crippen LogP contribution in [0, 0.1) is 0 Å². The second-order valence-corrected chi connectivity index (χ2v) is 3.80. The van der Waals surface area contributed by atoms with Crippen LogP contribution in [0.5, 0.6) is 0 Å². The van der Waals surface area contributed by atoms with E-state index in [9.17, 15) is 9.59 Å². The Morgan fingerprint density at radius 2 is 2.27 bits per heavy atom. The highest BCUT2D eigenvalue weighted by Gasteiger charge is 2.28. The van der Waals surface area contributed by atoms with E-state index in [1.54, 1.807) is 10.8 Å². The van der Waals surface area contributed by atoms with Gasteiger partial charge < -0.3 is 15.0 Å². The van der Waals surface area contributed by atoms with Crippen LogP contribution in [0.2, 0.25) is 0 Å². The maximum atomic E-state index is 11.5. The Morgan fingerprint density at radius 1 is 1.47 bits per heavy atom. The molecule has 1 unspecified atom stereocenters. The fourth-order valence-electron chi connectivity index (χ4n) is 1.68. The summed E-state index contributed by atoms with van der Waals surface area (Å²) in [6, 6.07) is 0. The Balaban J connectivity index is 1.91. The van der Waals surface area contributed by atoms with Gasteiger partial charge in [-0.15, -0.1) is 0 Å². The summed E-state index contributed by atoms with van der Waals surface area (Å²) in [6.45, 7) is 2.28. The van der Waals surface area contributed by atoms with Crippen molar-refractivity contribution in [1.29, 1.82) is 0 Å². The van der Waals surface area contributed by atoms with Crippen LogP contribution in [0.15, 0.2) is 5.70 Å². The average Bonchev–Trinajstić information content (AvgIpc) is 2.15. The van der Waals surface area contributed by atoms with Crippen LogP contribution in [0.4, 0.5) is 4.79 Å². The van der Waals surface area contributed by atoms with Gasteiger partial charge in [0.2, 0.25) is 0 Å². The zero-order valence-corrected chi connectivity index (χ0v) is 8.49. The molecule has 2 heterocycles. The van der Waals surface area contributed by atoms with Crippen molar-refractivity contribution in [3.63, 3.8) is 0 Å². The molecule has 2 aliphatic rings. The molecule has 0 spiro atoms. The molecule has 1 amide bonds. The highest BCUT2D eigenvalue weighted by atomic mass is 16.6. The van der Waals surface area contributed by atoms with E-state index in [-0.39, 0.29) is 6.09 Å². The quantitative estimate of drug-likeness (QED) is 0.632. The Hall–Kier alpha value is -1.48. The van der Waals surface area contributed by atoms with Gasteiger partial charge in [0.05, 0.1) is 0 Å². The van der Waals surface area contributed by atoms with Crippen molar-refractivity contribution < 1.29 is 14.3 Å². The zero-order valence-electron chi connectivity index (χ0n) is 8.49. The molecule has 2 saturated heterocycles. The normalized spacial score (nSPS) is 24.9. The van der Waals surface area contributed by atoms with E-state index in [0.717, 1.165) is 32.5 Å². The van der Waals surface area contributed by atoms with E-state index in [1.165, 1.54) is 0 Å². The maximum Gasteiger partial charge on any atom is 0.410 e. The molecule has 15 heavy (non-hydrogen) atoms. The lowest BCUT2D eigenvalue weighted by Crippen LogP contribution is -2.45. The molecule has 0 saturated carbocycles. The van der Waals surface area contributed by atoms with Crippen LogP contribution in [0.25, 0.3) is 0 Å². The Labute approximate surface area is 88.1 Å². The molecular weight excluding hydrogens is 196 g/mol. The first-order valence-electron chi connectivity index (χ1n) is 5.25. The zero-order chi connectivity index (χ0) is 10.7. The minimum Gasteiger partial charge on any atom is -0.439 e. The van der Waals surface area contributed by atoms with Gasteiger partial charge >= 0.3 is 6.09 Å². The summed E-state index contributed by atoms with van der Waals surface area (Å²) in [5, 5.41) is 2.90. The summed E-state index contributed by atoms with van der Waals surface area (Å²) in [5.74, 6) is 1.79. The summed E-state index contributed by atoms with van der Waals surface area (Å²) in [4.78, 5) is 23.7. The van der Waals surface area contributed by atoms with Crippen LogP contribution in [0.1, 0.15) is 19.3 Å². The van der Waals surface area contributed by atoms with Gasteiger partial charge in [-0.3, -0.25) is 0 Å². The van der Waals surface area contributed by atoms with Crippen LogP contribution in [-0.4, -0.2) is 42.7 Å². The number of likely N-dealkylation sites (tertiary alicyclic amines) is 1. The predicted octanol–water partition coefficient (Wildman–Crippen LogP) is 0.296. The number of piperidine rings is 1. The monoisotopic (exact) mass is 210 g/mol. The molecule has 82 valence electrons. The molecule has 2 fully saturated rings. The third-order valence-corrected chi connectivity index (χ3v) is 2.75. The van der Waals surface area contributed by atoms with Gasteiger partial charge in [0.15, 0.2) is 6.10 Å². The van der Waals surface area contributed by atoms with Gasteiger partial charge in [-0.1, -0.05) is 0 Å². The van der Waals surface area contributed by atoms with Crippen LogP contribution in [0.3, 0.4) is 0 Å². The molecule has 0 aromatic carbocycles. The molecule has 2 aliphatic heterocycles. The lowest BCUT2D eigenvalue weighted by molar-refractivity contribution is 0.0498. The van der Waals surface area contributed by atoms with E-state index >= 15 is 0 Å². The summed E-state index contributed by atoms with van der Waals surface area (Å²) < 4.78 is 5.22. The summed E-state index contributed by atoms with van der Waals surface area (Å²) in [6.07, 6.45) is 1.90. The van der Waals surface area contributed by atoms with Gasteiger partial charge in [-0.25, -0.2) is 9.59 Å². The minimum absolute atomic E-state index is 0.317. The highest BCUT2D eigenvalue weighted by molar-refractivity contribution is 5.69. The molecular formula is C10H14N2O3. The number of carbonyl (C=O) groups is 1. The minimum atomic E-state index is -0.427. The predicted molar refractivity (Wildman–Crippen MR) is 52.9 cm³/mol. The fraction of sp³-hybridized carbons (Fsp3) is 0.700. The number of ether oxygens (including phenoxy) is 1. The summed E-state index contributed by atoms with van der Waals surface area (Å²) in [7, 11) is 0. The van der Waals surface area contributed by atoms with Crippen LogP contribution in [-0.2, 0) is 9.53 Å². The lowest BCUT2D eigenvalue weighted by atomic mass is 10.1. The summed E-state index contributed by atoms with van der Waals surface area (Å²) >= 11 is 0. The number of amides is 1. The maximum absolute atomic E-state index is 11.5. The Bertz CT molecular complexity index is 306. The van der Waals surface area contributed by atoms with Crippen molar-refractivity contribution in [2.45, 2.75) is 25.4 Å². The molecule has 2 rings (SSSR count). The second kappa shape index (κ2) is 4.36. The van der Waals surface area contributed by atoms with Gasteiger partial charge in [-0.2, -0.15) is 0 Å². The molecule has 0 aromatic heterocycles. The number of rotatable bonds is 1. The van der Waals surface area contributed by atoms with Crippen molar-refractivity contribution in [3.8, 4) is 0 Å². The second-order valence-electron chi connectivity index (χ2n) is 3.80. The van der Waals surface area contributed by atoms with E-state index in [4.69, 9.17) is 4.74 Å². The third-order valence-electron chi connectivity index (χ3n) is 2.75. The number of carbonyl (C=O) groups excluding carboxylic acids is 2. The van der Waals surface area contributed by atoms with Gasteiger partial charge in [0.25, 0.3) is 0 Å². The van der Waals surface area contributed by atoms with E-state index < -0.39 is 6.10 Å². The van der Waals surface area contributed by atoms with Crippen molar-refractivity contribution in [1.82, 2.24) is 10.2 Å². The first kappa shape index (κ1) is 10.1.